The van der Waals surface area contributed by atoms with Crippen LogP contribution >= 0.6 is 0 Å². The lowest BCUT2D eigenvalue weighted by Gasteiger charge is -2.05. The van der Waals surface area contributed by atoms with Gasteiger partial charge in [-0.25, -0.2) is 0 Å². The summed E-state index contributed by atoms with van der Waals surface area (Å²) in [5, 5.41) is 0. The quantitative estimate of drug-likeness (QED) is 0.481. The Labute approximate surface area is 64.0 Å². The average molecular weight is 137 g/mol. The zero-order valence-electron chi connectivity index (χ0n) is 6.68. The van der Waals surface area contributed by atoms with Crippen molar-refractivity contribution < 1.29 is 0 Å². The van der Waals surface area contributed by atoms with Crippen molar-refractivity contribution in [2.45, 2.75) is 38.5 Å². The van der Waals surface area contributed by atoms with Crippen molar-refractivity contribution in [1.82, 2.24) is 0 Å². The molecule has 0 aromatic rings. The first kappa shape index (κ1) is 6.69. The van der Waals surface area contributed by atoms with Gasteiger partial charge in [0.25, 0.3) is 0 Å². The molecule has 0 aromatic carbocycles. The third-order valence-electron chi connectivity index (χ3n) is 3.33. The van der Waals surface area contributed by atoms with E-state index in [1.54, 1.807) is 0 Å². The fourth-order valence-electron chi connectivity index (χ4n) is 2.49. The highest BCUT2D eigenvalue weighted by Gasteiger charge is 2.45. The topological polar surface area (TPSA) is 0 Å². The molecule has 1 radical (unpaired) electrons. The molecule has 0 heterocycles. The van der Waals surface area contributed by atoms with Crippen LogP contribution in [0, 0.1) is 24.7 Å². The number of fused-ring (bicyclic) bond motifs is 1. The van der Waals surface area contributed by atoms with E-state index in [1.165, 1.54) is 38.5 Å². The zero-order valence-corrected chi connectivity index (χ0v) is 6.68. The van der Waals surface area contributed by atoms with Gasteiger partial charge in [-0.2, -0.15) is 0 Å². The predicted molar refractivity (Wildman–Crippen MR) is 43.5 cm³/mol. The predicted octanol–water partition coefficient (Wildman–Crippen LogP) is 3.04. The summed E-state index contributed by atoms with van der Waals surface area (Å²) in [7, 11) is 0. The monoisotopic (exact) mass is 137 g/mol. The van der Waals surface area contributed by atoms with Crippen molar-refractivity contribution in [3.63, 3.8) is 0 Å². The van der Waals surface area contributed by atoms with Crippen LogP contribution in [-0.2, 0) is 0 Å². The van der Waals surface area contributed by atoms with Crippen LogP contribution in [-0.4, -0.2) is 0 Å². The summed E-state index contributed by atoms with van der Waals surface area (Å²) in [6.45, 7) is 4.18. The molecule has 0 saturated heterocycles. The van der Waals surface area contributed by atoms with Crippen LogP contribution in [0.5, 0.6) is 0 Å². The molecule has 10 heavy (non-hydrogen) atoms. The molecule has 2 fully saturated rings. The third kappa shape index (κ3) is 1.09. The molecule has 57 valence electrons. The van der Waals surface area contributed by atoms with E-state index >= 15 is 0 Å². The Morgan fingerprint density at radius 1 is 0.800 bits per heavy atom. The highest BCUT2D eigenvalue weighted by Crippen LogP contribution is 2.52. The van der Waals surface area contributed by atoms with Crippen LogP contribution in [0.15, 0.2) is 0 Å². The van der Waals surface area contributed by atoms with Crippen LogP contribution in [0.2, 0.25) is 0 Å². The first-order valence-electron chi connectivity index (χ1n) is 4.72. The molecule has 0 heteroatoms. The Morgan fingerprint density at radius 3 is 1.80 bits per heavy atom. The summed E-state index contributed by atoms with van der Waals surface area (Å²) in [6.07, 6.45) is 8.89. The van der Waals surface area contributed by atoms with Gasteiger partial charge in [-0.15, -0.1) is 0 Å². The zero-order chi connectivity index (χ0) is 6.97. The normalized spacial score (nSPS) is 47.1. The molecule has 2 aliphatic carbocycles. The Hall–Kier alpha value is 0. The Kier molecular flexibility index (Phi) is 1.71. The number of rotatable bonds is 0. The van der Waals surface area contributed by atoms with Gasteiger partial charge in [0.1, 0.15) is 0 Å². The molecule has 2 rings (SSSR count). The van der Waals surface area contributed by atoms with Gasteiger partial charge in [-0.05, 0) is 37.5 Å². The fraction of sp³-hybridized carbons (Fsp3) is 0.900. The van der Waals surface area contributed by atoms with Gasteiger partial charge in [0.2, 0.25) is 0 Å². The lowest BCUT2D eigenvalue weighted by molar-refractivity contribution is 0.485. The van der Waals surface area contributed by atoms with Gasteiger partial charge < -0.3 is 0 Å². The van der Waals surface area contributed by atoms with Gasteiger partial charge in [-0.3, -0.25) is 0 Å². The van der Waals surface area contributed by atoms with E-state index < -0.39 is 0 Å². The van der Waals surface area contributed by atoms with E-state index in [-0.39, 0.29) is 0 Å². The summed E-state index contributed by atoms with van der Waals surface area (Å²) in [5.41, 5.74) is 0. The summed E-state index contributed by atoms with van der Waals surface area (Å²) < 4.78 is 0. The van der Waals surface area contributed by atoms with E-state index in [2.05, 4.69) is 6.92 Å². The molecule has 0 spiro atoms. The molecule has 0 amide bonds. The maximum atomic E-state index is 4.18. The molecular weight excluding hydrogens is 120 g/mol. The molecule has 2 saturated carbocycles. The molecule has 2 aliphatic rings. The second kappa shape index (κ2) is 2.56. The number of hydrogen-bond acceptors (Lipinski definition) is 0. The smallest absolute Gasteiger partial charge is 0.0352 e. The van der Waals surface area contributed by atoms with E-state index in [0.717, 1.165) is 17.8 Å². The fourth-order valence-corrected chi connectivity index (χ4v) is 2.49. The maximum Gasteiger partial charge on any atom is -0.0352 e. The minimum Gasteiger partial charge on any atom is -0.0533 e. The van der Waals surface area contributed by atoms with Crippen molar-refractivity contribution >= 4 is 0 Å². The SMILES string of the molecule is [CH2][C@@H]1C2CCCCCC[C@@H]21. The standard InChI is InChI=1S/C10H17/c1-8-9-6-4-2-3-5-7-10(8)9/h8-10H,1-7H2/t8-,9+,10?/m0/s1. The molecule has 0 nitrogen and oxygen atoms in total. The van der Waals surface area contributed by atoms with Crippen LogP contribution in [0.25, 0.3) is 0 Å². The molecule has 0 aromatic heterocycles. The van der Waals surface area contributed by atoms with Gasteiger partial charge in [0.15, 0.2) is 0 Å². The minimum absolute atomic E-state index is 0.845. The Morgan fingerprint density at radius 2 is 1.30 bits per heavy atom. The molecular formula is C10H17. The first-order valence-corrected chi connectivity index (χ1v) is 4.72. The molecule has 1 unspecified atom stereocenters. The largest absolute Gasteiger partial charge is 0.0533 e. The van der Waals surface area contributed by atoms with Gasteiger partial charge in [0.05, 0.1) is 0 Å². The van der Waals surface area contributed by atoms with Gasteiger partial charge in [-0.1, -0.05) is 25.7 Å². The Bertz CT molecular complexity index is 103. The maximum absolute atomic E-state index is 4.18. The first-order chi connectivity index (χ1) is 4.89. The van der Waals surface area contributed by atoms with Crippen molar-refractivity contribution in [3.05, 3.63) is 6.92 Å². The van der Waals surface area contributed by atoms with E-state index in [0.29, 0.717) is 0 Å². The van der Waals surface area contributed by atoms with E-state index in [9.17, 15) is 0 Å². The van der Waals surface area contributed by atoms with E-state index in [1.807, 2.05) is 0 Å². The van der Waals surface area contributed by atoms with Crippen LogP contribution in [0.3, 0.4) is 0 Å². The lowest BCUT2D eigenvalue weighted by Crippen LogP contribution is -1.90. The van der Waals surface area contributed by atoms with Crippen molar-refractivity contribution in [3.8, 4) is 0 Å². The summed E-state index contributed by atoms with van der Waals surface area (Å²) in [6, 6.07) is 0. The third-order valence-corrected chi connectivity index (χ3v) is 3.33. The minimum atomic E-state index is 0.845. The highest BCUT2D eigenvalue weighted by atomic mass is 14.5. The van der Waals surface area contributed by atoms with Crippen molar-refractivity contribution in [1.29, 1.82) is 0 Å². The van der Waals surface area contributed by atoms with Crippen molar-refractivity contribution in [2.24, 2.45) is 17.8 Å². The van der Waals surface area contributed by atoms with Crippen LogP contribution in [0.1, 0.15) is 38.5 Å². The Balaban J connectivity index is 1.86. The van der Waals surface area contributed by atoms with Gasteiger partial charge in [0, 0.05) is 0 Å². The summed E-state index contributed by atoms with van der Waals surface area (Å²) >= 11 is 0. The van der Waals surface area contributed by atoms with E-state index in [4.69, 9.17) is 0 Å². The van der Waals surface area contributed by atoms with Crippen LogP contribution < -0.4 is 0 Å². The average Bonchev–Trinajstić information content (AvgIpc) is 2.39. The lowest BCUT2D eigenvalue weighted by atomic mass is 10.0. The molecule has 0 N–H and O–H groups in total. The summed E-state index contributed by atoms with van der Waals surface area (Å²) in [4.78, 5) is 0. The summed E-state index contributed by atoms with van der Waals surface area (Å²) in [5.74, 6) is 2.93. The van der Waals surface area contributed by atoms with Crippen molar-refractivity contribution in [2.75, 3.05) is 0 Å². The molecule has 3 atom stereocenters. The van der Waals surface area contributed by atoms with Gasteiger partial charge >= 0.3 is 0 Å². The second-order valence-electron chi connectivity index (χ2n) is 3.98. The highest BCUT2D eigenvalue weighted by molar-refractivity contribution is 4.98. The van der Waals surface area contributed by atoms with Crippen LogP contribution in [0.4, 0.5) is 0 Å². The number of hydrogen-bond donors (Lipinski definition) is 0. The molecule has 0 aliphatic heterocycles. The second-order valence-corrected chi connectivity index (χ2v) is 3.98. The molecule has 0 bridgehead atoms.